The summed E-state index contributed by atoms with van der Waals surface area (Å²) < 4.78 is 11.3. The van der Waals surface area contributed by atoms with Gasteiger partial charge in [-0.2, -0.15) is 0 Å². The molecule has 156 valence electrons. The lowest BCUT2D eigenvalue weighted by Crippen LogP contribution is -2.22. The predicted octanol–water partition coefficient (Wildman–Crippen LogP) is 2.54. The van der Waals surface area contributed by atoms with E-state index in [0.717, 1.165) is 5.56 Å². The number of rotatable bonds is 11. The van der Waals surface area contributed by atoms with Crippen molar-refractivity contribution in [1.82, 2.24) is 0 Å². The number of carbonyl (C=O) groups is 1. The standard InChI is InChI=1S/C21H27N3O5/c1-3-13-11-16(18(29-10-9-25)12-17(13)28-4-2)19(21(26)27)24-15-7-5-14(6-8-15)20(22)23/h5-8,11-12,19,24-25H,3-4,9-10H2,1-2H3,(H3,22,23)(H,26,27). The molecular weight excluding hydrogens is 374 g/mol. The van der Waals surface area contributed by atoms with E-state index in [1.807, 2.05) is 13.8 Å². The minimum absolute atomic E-state index is 0.0314. The summed E-state index contributed by atoms with van der Waals surface area (Å²) in [5.74, 6) is -0.188. The van der Waals surface area contributed by atoms with Gasteiger partial charge in [-0.25, -0.2) is 4.79 Å². The molecule has 0 heterocycles. The number of carboxylic acid groups (broad SMARTS) is 1. The van der Waals surface area contributed by atoms with Gasteiger partial charge in [0.15, 0.2) is 6.04 Å². The third kappa shape index (κ3) is 5.61. The number of hydrogen-bond donors (Lipinski definition) is 5. The maximum absolute atomic E-state index is 12.1. The maximum Gasteiger partial charge on any atom is 0.330 e. The van der Waals surface area contributed by atoms with Crippen LogP contribution in [0, 0.1) is 5.41 Å². The lowest BCUT2D eigenvalue weighted by atomic mass is 9.99. The fraction of sp³-hybridized carbons (Fsp3) is 0.333. The summed E-state index contributed by atoms with van der Waals surface area (Å²) >= 11 is 0. The molecule has 0 aliphatic rings. The van der Waals surface area contributed by atoms with Gasteiger partial charge >= 0.3 is 5.97 Å². The van der Waals surface area contributed by atoms with E-state index in [1.54, 1.807) is 36.4 Å². The molecule has 1 unspecified atom stereocenters. The molecule has 0 saturated heterocycles. The number of ether oxygens (including phenoxy) is 2. The highest BCUT2D eigenvalue weighted by atomic mass is 16.5. The van der Waals surface area contributed by atoms with Crippen LogP contribution in [0.5, 0.6) is 11.5 Å². The van der Waals surface area contributed by atoms with Crippen LogP contribution in [0.25, 0.3) is 0 Å². The molecule has 6 N–H and O–H groups in total. The van der Waals surface area contributed by atoms with Gasteiger partial charge in [-0.05, 0) is 49.2 Å². The Hall–Kier alpha value is -3.26. The lowest BCUT2D eigenvalue weighted by Gasteiger charge is -2.22. The molecule has 8 heteroatoms. The van der Waals surface area contributed by atoms with Crippen LogP contribution in [0.4, 0.5) is 5.69 Å². The molecule has 0 radical (unpaired) electrons. The van der Waals surface area contributed by atoms with Crippen molar-refractivity contribution in [2.45, 2.75) is 26.3 Å². The van der Waals surface area contributed by atoms with Crippen LogP contribution in [0.1, 0.15) is 36.6 Å². The highest BCUT2D eigenvalue weighted by Gasteiger charge is 2.25. The summed E-state index contributed by atoms with van der Waals surface area (Å²) in [6.07, 6.45) is 0.655. The molecule has 0 fully saturated rings. The van der Waals surface area contributed by atoms with Gasteiger partial charge in [-0.3, -0.25) is 5.41 Å². The minimum Gasteiger partial charge on any atom is -0.493 e. The van der Waals surface area contributed by atoms with E-state index in [9.17, 15) is 9.90 Å². The van der Waals surface area contributed by atoms with E-state index in [0.29, 0.717) is 41.3 Å². The molecule has 1 atom stereocenters. The first-order chi connectivity index (χ1) is 13.9. The van der Waals surface area contributed by atoms with Crippen molar-refractivity contribution in [3.63, 3.8) is 0 Å². The molecule has 2 aromatic rings. The minimum atomic E-state index is -1.09. The SMILES string of the molecule is CCOc1cc(OCCO)c(C(Nc2ccc(C(=N)N)cc2)C(=O)O)cc1CC. The molecule has 0 aliphatic carbocycles. The van der Waals surface area contributed by atoms with Gasteiger partial charge < -0.3 is 30.7 Å². The first-order valence-electron chi connectivity index (χ1n) is 9.38. The zero-order chi connectivity index (χ0) is 21.4. The number of aliphatic hydroxyl groups excluding tert-OH is 1. The van der Waals surface area contributed by atoms with E-state index in [2.05, 4.69) is 5.32 Å². The molecule has 0 aromatic heterocycles. The Morgan fingerprint density at radius 2 is 1.86 bits per heavy atom. The second kappa shape index (κ2) is 10.3. The van der Waals surface area contributed by atoms with Crippen LogP contribution in [0.3, 0.4) is 0 Å². The van der Waals surface area contributed by atoms with Crippen molar-refractivity contribution in [2.24, 2.45) is 5.73 Å². The van der Waals surface area contributed by atoms with E-state index in [1.165, 1.54) is 0 Å². The van der Waals surface area contributed by atoms with Crippen molar-refractivity contribution in [2.75, 3.05) is 25.1 Å². The Morgan fingerprint density at radius 1 is 1.17 bits per heavy atom. The first-order valence-corrected chi connectivity index (χ1v) is 9.38. The fourth-order valence-corrected chi connectivity index (χ4v) is 2.88. The van der Waals surface area contributed by atoms with Gasteiger partial charge in [-0.1, -0.05) is 6.92 Å². The van der Waals surface area contributed by atoms with Crippen molar-refractivity contribution in [3.8, 4) is 11.5 Å². The Bertz CT molecular complexity index is 852. The molecule has 8 nitrogen and oxygen atoms in total. The van der Waals surface area contributed by atoms with E-state index >= 15 is 0 Å². The first kappa shape index (κ1) is 22.0. The van der Waals surface area contributed by atoms with Crippen LogP contribution < -0.4 is 20.5 Å². The topological polar surface area (TPSA) is 138 Å². The number of amidine groups is 1. The Morgan fingerprint density at radius 3 is 2.38 bits per heavy atom. The summed E-state index contributed by atoms with van der Waals surface area (Å²) in [6, 6.07) is 8.95. The van der Waals surface area contributed by atoms with Crippen LogP contribution in [-0.4, -0.2) is 41.8 Å². The fourth-order valence-electron chi connectivity index (χ4n) is 2.88. The van der Waals surface area contributed by atoms with E-state index in [-0.39, 0.29) is 19.0 Å². The maximum atomic E-state index is 12.1. The molecule has 0 amide bonds. The predicted molar refractivity (Wildman–Crippen MR) is 111 cm³/mol. The number of benzene rings is 2. The number of carboxylic acids is 1. The molecule has 2 aromatic carbocycles. The second-order valence-corrected chi connectivity index (χ2v) is 6.26. The molecule has 0 saturated carbocycles. The van der Waals surface area contributed by atoms with Gasteiger partial charge in [0.05, 0.1) is 13.2 Å². The summed E-state index contributed by atoms with van der Waals surface area (Å²) in [5.41, 5.74) is 7.86. The number of aryl methyl sites for hydroxylation is 1. The Labute approximate surface area is 169 Å². The molecule has 2 rings (SSSR count). The average Bonchev–Trinajstić information content (AvgIpc) is 2.71. The zero-order valence-corrected chi connectivity index (χ0v) is 16.6. The number of nitrogen functional groups attached to an aromatic ring is 1. The number of aliphatic carboxylic acids is 1. The second-order valence-electron chi connectivity index (χ2n) is 6.26. The quantitative estimate of drug-likeness (QED) is 0.288. The van der Waals surface area contributed by atoms with E-state index in [4.69, 9.17) is 25.7 Å². The van der Waals surface area contributed by atoms with Crippen LogP contribution >= 0.6 is 0 Å². The third-order valence-corrected chi connectivity index (χ3v) is 4.29. The normalized spacial score (nSPS) is 11.6. The summed E-state index contributed by atoms with van der Waals surface area (Å²) in [7, 11) is 0. The van der Waals surface area contributed by atoms with E-state index < -0.39 is 12.0 Å². The largest absolute Gasteiger partial charge is 0.493 e. The third-order valence-electron chi connectivity index (χ3n) is 4.29. The van der Waals surface area contributed by atoms with Crippen LogP contribution in [0.2, 0.25) is 0 Å². The van der Waals surface area contributed by atoms with Crippen LogP contribution in [0.15, 0.2) is 36.4 Å². The van der Waals surface area contributed by atoms with Crippen molar-refractivity contribution in [1.29, 1.82) is 5.41 Å². The average molecular weight is 401 g/mol. The van der Waals surface area contributed by atoms with Gasteiger partial charge in [-0.15, -0.1) is 0 Å². The number of nitrogens with one attached hydrogen (secondary N) is 2. The summed E-state index contributed by atoms with van der Waals surface area (Å²) in [5, 5.41) is 29.4. The Balaban J connectivity index is 2.46. The van der Waals surface area contributed by atoms with Crippen LogP contribution in [-0.2, 0) is 11.2 Å². The smallest absolute Gasteiger partial charge is 0.330 e. The number of aliphatic hydroxyl groups is 1. The lowest BCUT2D eigenvalue weighted by molar-refractivity contribution is -0.138. The summed E-state index contributed by atoms with van der Waals surface area (Å²) in [4.78, 5) is 12.1. The van der Waals surface area contributed by atoms with Gasteiger partial charge in [0, 0.05) is 22.9 Å². The number of hydrogen-bond acceptors (Lipinski definition) is 6. The van der Waals surface area contributed by atoms with Crippen molar-refractivity contribution < 1.29 is 24.5 Å². The van der Waals surface area contributed by atoms with Gasteiger partial charge in [0.25, 0.3) is 0 Å². The molecule has 0 bridgehead atoms. The molecular formula is C21H27N3O5. The molecule has 0 aliphatic heterocycles. The van der Waals surface area contributed by atoms with Crippen molar-refractivity contribution >= 4 is 17.5 Å². The summed E-state index contributed by atoms with van der Waals surface area (Å²) in [6.45, 7) is 4.13. The number of nitrogens with two attached hydrogens (primary N) is 1. The van der Waals surface area contributed by atoms with Gasteiger partial charge in [0.1, 0.15) is 23.9 Å². The highest BCUT2D eigenvalue weighted by Crippen LogP contribution is 2.35. The highest BCUT2D eigenvalue weighted by molar-refractivity contribution is 5.95. The molecule has 0 spiro atoms. The van der Waals surface area contributed by atoms with Crippen molar-refractivity contribution in [3.05, 3.63) is 53.1 Å². The zero-order valence-electron chi connectivity index (χ0n) is 16.6. The number of anilines is 1. The molecule has 29 heavy (non-hydrogen) atoms. The monoisotopic (exact) mass is 401 g/mol. The van der Waals surface area contributed by atoms with Gasteiger partial charge in [0.2, 0.25) is 0 Å². The Kier molecular flexibility index (Phi) is 7.85.